The number of alkyl halides is 1. The summed E-state index contributed by atoms with van der Waals surface area (Å²) in [7, 11) is 0. The quantitative estimate of drug-likeness (QED) is 0.320. The highest BCUT2D eigenvalue weighted by Gasteiger charge is 2.49. The van der Waals surface area contributed by atoms with Gasteiger partial charge < -0.3 is 14.7 Å². The van der Waals surface area contributed by atoms with Crippen LogP contribution in [0.1, 0.15) is 82.6 Å². The van der Waals surface area contributed by atoms with Crippen molar-refractivity contribution in [2.75, 3.05) is 37.7 Å². The van der Waals surface area contributed by atoms with E-state index in [2.05, 4.69) is 19.8 Å². The van der Waals surface area contributed by atoms with Crippen LogP contribution in [0, 0.1) is 11.7 Å². The van der Waals surface area contributed by atoms with Crippen LogP contribution in [0.5, 0.6) is 11.8 Å². The molecule has 0 spiro atoms. The number of phenols is 1. The number of hydrogen-bond acceptors (Lipinski definition) is 7. The van der Waals surface area contributed by atoms with Crippen LogP contribution in [0.2, 0.25) is 5.02 Å². The van der Waals surface area contributed by atoms with Crippen LogP contribution in [-0.2, 0) is 6.42 Å². The highest BCUT2D eigenvalue weighted by atomic mass is 35.5. The van der Waals surface area contributed by atoms with Gasteiger partial charge in [0.2, 0.25) is 0 Å². The van der Waals surface area contributed by atoms with E-state index in [9.17, 15) is 9.50 Å². The van der Waals surface area contributed by atoms with Gasteiger partial charge in [0.15, 0.2) is 5.82 Å². The van der Waals surface area contributed by atoms with E-state index < -0.39 is 12.0 Å². The molecule has 5 aliphatic heterocycles. The summed E-state index contributed by atoms with van der Waals surface area (Å²) in [6, 6.07) is 3.17. The fraction of sp³-hybridized carbons (Fsp3) is 0.618. The van der Waals surface area contributed by atoms with Crippen molar-refractivity contribution in [3.05, 3.63) is 34.7 Å². The molecule has 0 amide bonds. The van der Waals surface area contributed by atoms with E-state index in [1.54, 1.807) is 12.3 Å². The molecule has 6 bridgehead atoms. The number of nitrogens with zero attached hydrogens (tertiary/aromatic N) is 5. The van der Waals surface area contributed by atoms with E-state index in [4.69, 9.17) is 21.3 Å². The molecule has 236 valence electrons. The maximum absolute atomic E-state index is 16.7. The molecule has 8 rings (SSSR count). The third kappa shape index (κ3) is 5.82. The lowest BCUT2D eigenvalue weighted by Crippen LogP contribution is -2.43. The first kappa shape index (κ1) is 29.9. The Bertz CT molecular complexity index is 1530. The summed E-state index contributed by atoms with van der Waals surface area (Å²) in [6.07, 6.45) is 14.0. The standard InChI is InChI=1S/C34H42ClF2N5O2/c35-28-16-24(43)15-26-25(28)11-6-4-2-1-3-5-9-22-10-7-13-41(19-22)32-27-18-38-30(26)29(37)31(27)39-33(40-32)44-21-34-12-8-14-42(34)20-23(36)17-34/h15-16,18,22-23,43H,1-14,17,19-21H2. The molecule has 2 aromatic heterocycles. The second-order valence-electron chi connectivity index (χ2n) is 13.4. The van der Waals surface area contributed by atoms with Gasteiger partial charge in [-0.2, -0.15) is 9.97 Å². The first-order chi connectivity index (χ1) is 21.4. The molecule has 5 aliphatic rings. The summed E-state index contributed by atoms with van der Waals surface area (Å²) in [5.74, 6) is 0.571. The van der Waals surface area contributed by atoms with Crippen LogP contribution in [-0.4, -0.2) is 69.5 Å². The van der Waals surface area contributed by atoms with E-state index in [-0.39, 0.29) is 35.1 Å². The summed E-state index contributed by atoms with van der Waals surface area (Å²) < 4.78 is 37.5. The molecule has 3 unspecified atom stereocenters. The van der Waals surface area contributed by atoms with Crippen LogP contribution in [0.3, 0.4) is 0 Å². The Hall–Kier alpha value is -2.78. The number of piperidine rings is 1. The number of pyridine rings is 1. The minimum absolute atomic E-state index is 0.0351. The first-order valence-corrected chi connectivity index (χ1v) is 16.9. The topological polar surface area (TPSA) is 74.6 Å². The van der Waals surface area contributed by atoms with E-state index in [1.807, 2.05) is 0 Å². The normalized spacial score (nSPS) is 26.5. The predicted octanol–water partition coefficient (Wildman–Crippen LogP) is 7.65. The Morgan fingerprint density at radius 1 is 1.00 bits per heavy atom. The first-order valence-electron chi connectivity index (χ1n) is 16.5. The number of anilines is 1. The van der Waals surface area contributed by atoms with Gasteiger partial charge in [-0.1, -0.05) is 43.7 Å². The zero-order chi connectivity index (χ0) is 30.3. The van der Waals surface area contributed by atoms with Crippen molar-refractivity contribution >= 4 is 28.3 Å². The molecule has 7 nitrogen and oxygen atoms in total. The van der Waals surface area contributed by atoms with Crippen molar-refractivity contribution in [1.29, 1.82) is 0 Å². The average Bonchev–Trinajstić information content (AvgIpc) is 3.53. The maximum Gasteiger partial charge on any atom is 0.319 e. The number of hydrogen-bond donors (Lipinski definition) is 1. The molecule has 0 aliphatic carbocycles. The predicted molar refractivity (Wildman–Crippen MR) is 169 cm³/mol. The lowest BCUT2D eigenvalue weighted by atomic mass is 9.91. The molecule has 7 heterocycles. The van der Waals surface area contributed by atoms with Crippen LogP contribution >= 0.6 is 11.6 Å². The Morgan fingerprint density at radius 2 is 1.82 bits per heavy atom. The van der Waals surface area contributed by atoms with Crippen LogP contribution in [0.15, 0.2) is 18.3 Å². The molecular weight excluding hydrogens is 584 g/mol. The molecular formula is C34H42ClF2N5O2. The summed E-state index contributed by atoms with van der Waals surface area (Å²) >= 11 is 6.64. The lowest BCUT2D eigenvalue weighted by Gasteiger charge is -2.34. The number of rotatable bonds is 3. The largest absolute Gasteiger partial charge is 0.508 e. The van der Waals surface area contributed by atoms with Crippen LogP contribution in [0.25, 0.3) is 22.2 Å². The fourth-order valence-electron chi connectivity index (χ4n) is 8.19. The molecule has 44 heavy (non-hydrogen) atoms. The monoisotopic (exact) mass is 625 g/mol. The summed E-state index contributed by atoms with van der Waals surface area (Å²) in [5, 5.41) is 11.4. The van der Waals surface area contributed by atoms with Gasteiger partial charge in [0, 0.05) is 42.8 Å². The molecule has 0 radical (unpaired) electrons. The SMILES string of the molecule is Oc1cc(Cl)c2c(c1)-c1ncc3c(nc(OCC45CCCN4CC(F)C5)nc3c1F)N1CCCC(CCCCCCCC2)C1. The maximum atomic E-state index is 16.7. The Balaban J connectivity index is 1.33. The van der Waals surface area contributed by atoms with Crippen LogP contribution < -0.4 is 9.64 Å². The van der Waals surface area contributed by atoms with Gasteiger partial charge in [0.25, 0.3) is 0 Å². The van der Waals surface area contributed by atoms with Gasteiger partial charge in [0.05, 0.1) is 10.9 Å². The number of ether oxygens (including phenoxy) is 1. The van der Waals surface area contributed by atoms with Gasteiger partial charge in [-0.05, 0) is 75.1 Å². The van der Waals surface area contributed by atoms with Crippen molar-refractivity contribution in [3.63, 3.8) is 0 Å². The Labute approximate surface area is 263 Å². The average molecular weight is 626 g/mol. The third-order valence-electron chi connectivity index (χ3n) is 10.4. The number of aromatic nitrogens is 3. The van der Waals surface area contributed by atoms with E-state index in [1.165, 1.54) is 38.2 Å². The number of aromatic hydroxyl groups is 1. The number of halogens is 3. The highest BCUT2D eigenvalue weighted by molar-refractivity contribution is 6.32. The number of fused-ring (bicyclic) bond motifs is 9. The Morgan fingerprint density at radius 3 is 2.70 bits per heavy atom. The van der Waals surface area contributed by atoms with E-state index >= 15 is 4.39 Å². The molecule has 3 saturated heterocycles. The minimum Gasteiger partial charge on any atom is -0.508 e. The van der Waals surface area contributed by atoms with Crippen molar-refractivity contribution in [3.8, 4) is 23.0 Å². The van der Waals surface area contributed by atoms with Gasteiger partial charge >= 0.3 is 6.01 Å². The van der Waals surface area contributed by atoms with Gasteiger partial charge in [-0.15, -0.1) is 0 Å². The molecule has 0 saturated carbocycles. The van der Waals surface area contributed by atoms with E-state index in [0.29, 0.717) is 47.1 Å². The van der Waals surface area contributed by atoms with Gasteiger partial charge in [0.1, 0.15) is 35.6 Å². The summed E-state index contributed by atoms with van der Waals surface area (Å²) in [5.41, 5.74) is 1.14. The molecule has 1 N–H and O–H groups in total. The van der Waals surface area contributed by atoms with E-state index in [0.717, 1.165) is 63.7 Å². The molecule has 10 heteroatoms. The Kier molecular flexibility index (Phi) is 8.53. The van der Waals surface area contributed by atoms with Crippen LogP contribution in [0.4, 0.5) is 14.6 Å². The zero-order valence-corrected chi connectivity index (χ0v) is 26.1. The van der Waals surface area contributed by atoms with Gasteiger partial charge in [-0.25, -0.2) is 8.78 Å². The second kappa shape index (κ2) is 12.5. The van der Waals surface area contributed by atoms with Crippen molar-refractivity contribution in [2.24, 2.45) is 5.92 Å². The molecule has 3 atom stereocenters. The zero-order valence-electron chi connectivity index (χ0n) is 25.3. The molecule has 3 aromatic rings. The number of phenolic OH excluding ortho intramolecular Hbond substituents is 1. The second-order valence-corrected chi connectivity index (χ2v) is 13.9. The molecule has 3 fully saturated rings. The third-order valence-corrected chi connectivity index (χ3v) is 10.8. The smallest absolute Gasteiger partial charge is 0.319 e. The summed E-state index contributed by atoms with van der Waals surface area (Å²) in [4.78, 5) is 18.6. The summed E-state index contributed by atoms with van der Waals surface area (Å²) in [6.45, 7) is 3.23. The minimum atomic E-state index is -0.869. The fourth-order valence-corrected chi connectivity index (χ4v) is 8.49. The highest BCUT2D eigenvalue weighted by Crippen LogP contribution is 2.42. The van der Waals surface area contributed by atoms with Crippen molar-refractivity contribution < 1.29 is 18.6 Å². The van der Waals surface area contributed by atoms with Crippen molar-refractivity contribution in [1.82, 2.24) is 19.9 Å². The van der Waals surface area contributed by atoms with Crippen molar-refractivity contribution in [2.45, 2.75) is 95.2 Å². The lowest BCUT2D eigenvalue weighted by molar-refractivity contribution is 0.107. The number of benzene rings is 1. The molecule has 1 aromatic carbocycles. The van der Waals surface area contributed by atoms with Gasteiger partial charge in [-0.3, -0.25) is 9.88 Å².